The van der Waals surface area contributed by atoms with Crippen LogP contribution in [0.1, 0.15) is 30.6 Å². The fourth-order valence-corrected chi connectivity index (χ4v) is 1.88. The van der Waals surface area contributed by atoms with E-state index in [0.717, 1.165) is 6.42 Å². The Labute approximate surface area is 124 Å². The normalized spacial score (nSPS) is 12.2. The van der Waals surface area contributed by atoms with Crippen molar-refractivity contribution in [1.82, 2.24) is 10.2 Å². The van der Waals surface area contributed by atoms with Crippen LogP contribution >= 0.6 is 0 Å². The lowest BCUT2D eigenvalue weighted by molar-refractivity contribution is -0.383. The van der Waals surface area contributed by atoms with Crippen LogP contribution in [0.25, 0.3) is 0 Å². The van der Waals surface area contributed by atoms with Crippen LogP contribution in [0.2, 0.25) is 0 Å². The Morgan fingerprint density at radius 3 is 2.76 bits per heavy atom. The number of hydrogen-bond acceptors (Lipinski definition) is 5. The molecule has 1 atom stereocenters. The van der Waals surface area contributed by atoms with Crippen molar-refractivity contribution in [2.75, 3.05) is 25.9 Å². The minimum absolute atomic E-state index is 0.102. The summed E-state index contributed by atoms with van der Waals surface area (Å²) in [5.41, 5.74) is 5.46. The molecule has 0 aliphatic heterocycles. The molecule has 1 aromatic carbocycles. The molecule has 0 saturated heterocycles. The zero-order valence-electron chi connectivity index (χ0n) is 12.6. The summed E-state index contributed by atoms with van der Waals surface area (Å²) in [4.78, 5) is 24.4. The van der Waals surface area contributed by atoms with Crippen LogP contribution in [0.3, 0.4) is 0 Å². The maximum atomic E-state index is 12.0. The molecule has 0 spiro atoms. The van der Waals surface area contributed by atoms with Crippen molar-refractivity contribution in [2.45, 2.75) is 26.3 Å². The number of nitrogens with zero attached hydrogens (tertiary/aromatic N) is 2. The van der Waals surface area contributed by atoms with Gasteiger partial charge in [0.15, 0.2) is 0 Å². The number of carbonyl (C=O) groups excluding carboxylic acids is 1. The number of para-hydroxylation sites is 1. The summed E-state index contributed by atoms with van der Waals surface area (Å²) in [5.74, 6) is -0.395. The Kier molecular flexibility index (Phi) is 6.10. The summed E-state index contributed by atoms with van der Waals surface area (Å²) in [7, 11) is 1.99. The summed E-state index contributed by atoms with van der Waals surface area (Å²) in [6.45, 7) is 5.38. The maximum absolute atomic E-state index is 12.0. The molecule has 1 aromatic rings. The molecule has 0 saturated carbocycles. The topological polar surface area (TPSA) is 102 Å². The number of benzene rings is 1. The Morgan fingerprint density at radius 2 is 2.19 bits per heavy atom. The number of carbonyl (C=O) groups is 1. The molecule has 0 fully saturated rings. The third-order valence-corrected chi connectivity index (χ3v) is 3.62. The van der Waals surface area contributed by atoms with Crippen molar-refractivity contribution in [2.24, 2.45) is 0 Å². The van der Waals surface area contributed by atoms with Gasteiger partial charge in [0, 0.05) is 25.2 Å². The summed E-state index contributed by atoms with van der Waals surface area (Å²) < 4.78 is 0. The lowest BCUT2D eigenvalue weighted by Gasteiger charge is -2.23. The molecule has 0 aliphatic rings. The van der Waals surface area contributed by atoms with Crippen molar-refractivity contribution >= 4 is 17.3 Å². The minimum atomic E-state index is -0.594. The number of nitro benzene ring substituents is 1. The number of nitro groups is 1. The first-order chi connectivity index (χ1) is 9.88. The van der Waals surface area contributed by atoms with Crippen LogP contribution in [-0.2, 0) is 0 Å². The highest BCUT2D eigenvalue weighted by Gasteiger charge is 2.18. The number of nitrogens with two attached hydrogens (primary N) is 1. The number of anilines is 1. The first-order valence-electron chi connectivity index (χ1n) is 6.89. The van der Waals surface area contributed by atoms with E-state index in [9.17, 15) is 14.9 Å². The Hall–Kier alpha value is -2.15. The van der Waals surface area contributed by atoms with E-state index in [-0.39, 0.29) is 16.9 Å². The molecule has 0 heterocycles. The van der Waals surface area contributed by atoms with Gasteiger partial charge in [0.2, 0.25) is 0 Å². The molecule has 116 valence electrons. The van der Waals surface area contributed by atoms with Crippen molar-refractivity contribution < 1.29 is 9.72 Å². The Morgan fingerprint density at radius 1 is 1.52 bits per heavy atom. The molecule has 0 radical (unpaired) electrons. The summed E-state index contributed by atoms with van der Waals surface area (Å²) >= 11 is 0. The van der Waals surface area contributed by atoms with Gasteiger partial charge < -0.3 is 16.0 Å². The van der Waals surface area contributed by atoms with Gasteiger partial charge in [-0.15, -0.1) is 0 Å². The van der Waals surface area contributed by atoms with Gasteiger partial charge in [-0.3, -0.25) is 14.9 Å². The first kappa shape index (κ1) is 16.9. The SMILES string of the molecule is CCC(C)N(C)CCNC(=O)c1cccc([N+](=O)[O-])c1N. The quantitative estimate of drug-likeness (QED) is 0.452. The van der Waals surface area contributed by atoms with Crippen LogP contribution < -0.4 is 11.1 Å². The zero-order valence-corrected chi connectivity index (χ0v) is 12.6. The van der Waals surface area contributed by atoms with Gasteiger partial charge in [-0.2, -0.15) is 0 Å². The highest BCUT2D eigenvalue weighted by Crippen LogP contribution is 2.24. The lowest BCUT2D eigenvalue weighted by Crippen LogP contribution is -2.37. The summed E-state index contributed by atoms with van der Waals surface area (Å²) in [6.07, 6.45) is 1.03. The lowest BCUT2D eigenvalue weighted by atomic mass is 10.1. The van der Waals surface area contributed by atoms with E-state index in [1.54, 1.807) is 0 Å². The maximum Gasteiger partial charge on any atom is 0.292 e. The third-order valence-electron chi connectivity index (χ3n) is 3.62. The number of nitrogen functional groups attached to an aromatic ring is 1. The Bertz CT molecular complexity index is 519. The van der Waals surface area contributed by atoms with E-state index in [2.05, 4.69) is 24.1 Å². The molecule has 7 nitrogen and oxygen atoms in total. The van der Waals surface area contributed by atoms with Crippen LogP contribution in [0.15, 0.2) is 18.2 Å². The molecular formula is C14H22N4O3. The van der Waals surface area contributed by atoms with Gasteiger partial charge in [-0.05, 0) is 26.5 Å². The molecule has 0 bridgehead atoms. The largest absolute Gasteiger partial charge is 0.393 e. The van der Waals surface area contributed by atoms with E-state index < -0.39 is 10.8 Å². The second kappa shape index (κ2) is 7.58. The molecule has 0 aliphatic carbocycles. The molecule has 1 rings (SSSR count). The molecule has 0 aromatic heterocycles. The molecule has 1 amide bonds. The highest BCUT2D eigenvalue weighted by molar-refractivity contribution is 6.00. The third kappa shape index (κ3) is 4.42. The number of likely N-dealkylation sites (N-methyl/N-ethyl adjacent to an activating group) is 1. The van der Waals surface area contributed by atoms with Crippen molar-refractivity contribution in [1.29, 1.82) is 0 Å². The van der Waals surface area contributed by atoms with Crippen molar-refractivity contribution in [3.05, 3.63) is 33.9 Å². The van der Waals surface area contributed by atoms with Gasteiger partial charge in [0.25, 0.3) is 11.6 Å². The molecule has 21 heavy (non-hydrogen) atoms. The standard InChI is InChI=1S/C14H22N4O3/c1-4-10(2)17(3)9-8-16-14(19)11-6-5-7-12(13(11)15)18(20)21/h5-7,10H,4,8-9,15H2,1-3H3,(H,16,19). The molecule has 3 N–H and O–H groups in total. The monoisotopic (exact) mass is 294 g/mol. The van der Waals surface area contributed by atoms with Crippen molar-refractivity contribution in [3.63, 3.8) is 0 Å². The van der Waals surface area contributed by atoms with Gasteiger partial charge in [-0.1, -0.05) is 13.0 Å². The van der Waals surface area contributed by atoms with Gasteiger partial charge >= 0.3 is 0 Å². The number of amides is 1. The van der Waals surface area contributed by atoms with E-state index in [4.69, 9.17) is 5.73 Å². The highest BCUT2D eigenvalue weighted by atomic mass is 16.6. The van der Waals surface area contributed by atoms with Crippen molar-refractivity contribution in [3.8, 4) is 0 Å². The molecule has 7 heteroatoms. The average Bonchev–Trinajstić information content (AvgIpc) is 2.45. The van der Waals surface area contributed by atoms with Crippen LogP contribution in [0.4, 0.5) is 11.4 Å². The van der Waals surface area contributed by atoms with E-state index in [1.807, 2.05) is 7.05 Å². The van der Waals surface area contributed by atoms with Gasteiger partial charge in [-0.25, -0.2) is 0 Å². The Balaban J connectivity index is 2.65. The number of nitrogens with one attached hydrogen (secondary N) is 1. The summed E-state index contributed by atoms with van der Waals surface area (Å²) in [6, 6.07) is 4.65. The zero-order chi connectivity index (χ0) is 16.0. The number of rotatable bonds is 7. The van der Waals surface area contributed by atoms with Crippen LogP contribution in [0.5, 0.6) is 0 Å². The fraction of sp³-hybridized carbons (Fsp3) is 0.500. The first-order valence-corrected chi connectivity index (χ1v) is 6.89. The van der Waals surface area contributed by atoms with Gasteiger partial charge in [0.1, 0.15) is 5.69 Å². The molecular weight excluding hydrogens is 272 g/mol. The number of hydrogen-bond donors (Lipinski definition) is 2. The van der Waals surface area contributed by atoms with E-state index in [1.165, 1.54) is 18.2 Å². The average molecular weight is 294 g/mol. The van der Waals surface area contributed by atoms with Crippen LogP contribution in [-0.4, -0.2) is 41.9 Å². The second-order valence-corrected chi connectivity index (χ2v) is 4.99. The van der Waals surface area contributed by atoms with Gasteiger partial charge in [0.05, 0.1) is 10.5 Å². The predicted molar refractivity (Wildman–Crippen MR) is 82.2 cm³/mol. The fourth-order valence-electron chi connectivity index (χ4n) is 1.88. The smallest absolute Gasteiger partial charge is 0.292 e. The minimum Gasteiger partial charge on any atom is -0.393 e. The van der Waals surface area contributed by atoms with E-state index >= 15 is 0 Å². The molecule has 1 unspecified atom stereocenters. The second-order valence-electron chi connectivity index (χ2n) is 4.99. The summed E-state index contributed by atoms with van der Waals surface area (Å²) in [5, 5.41) is 13.5. The predicted octanol–water partition coefficient (Wildman–Crippen LogP) is 1.64. The van der Waals surface area contributed by atoms with Crippen LogP contribution in [0, 0.1) is 10.1 Å². The van der Waals surface area contributed by atoms with E-state index in [0.29, 0.717) is 19.1 Å².